The minimum Gasteiger partial charge on any atom is -0.368 e. The highest BCUT2D eigenvalue weighted by Gasteiger charge is 2.44. The van der Waals surface area contributed by atoms with Crippen molar-refractivity contribution < 1.29 is 9.18 Å². The molecule has 5 rings (SSSR count). The molecule has 0 radical (unpaired) electrons. The summed E-state index contributed by atoms with van der Waals surface area (Å²) < 4.78 is 13.8. The van der Waals surface area contributed by atoms with Crippen LogP contribution in [0.2, 0.25) is 0 Å². The molecule has 1 amide bonds. The van der Waals surface area contributed by atoms with Crippen molar-refractivity contribution >= 4 is 28.4 Å². The molecule has 2 saturated carbocycles. The molecular formula is C24H26FN5O. The number of nitrogens with two attached hydrogens (primary N) is 1. The van der Waals surface area contributed by atoms with Gasteiger partial charge in [-0.3, -0.25) is 9.78 Å². The minimum absolute atomic E-state index is 0.00509. The van der Waals surface area contributed by atoms with Gasteiger partial charge in [0.2, 0.25) is 11.9 Å². The molecule has 3 N–H and O–H groups in total. The van der Waals surface area contributed by atoms with Crippen LogP contribution in [0.15, 0.2) is 42.9 Å². The Labute approximate surface area is 180 Å². The third-order valence-electron chi connectivity index (χ3n) is 7.29. The maximum Gasteiger partial charge on any atom is 0.227 e. The zero-order chi connectivity index (χ0) is 21.5. The Morgan fingerprint density at radius 1 is 1.10 bits per heavy atom. The zero-order valence-corrected chi connectivity index (χ0v) is 17.5. The molecule has 1 unspecified atom stereocenters. The molecule has 0 spiro atoms. The summed E-state index contributed by atoms with van der Waals surface area (Å²) in [4.78, 5) is 25.0. The molecule has 2 aromatic heterocycles. The maximum absolute atomic E-state index is 13.8. The van der Waals surface area contributed by atoms with E-state index >= 15 is 0 Å². The van der Waals surface area contributed by atoms with Gasteiger partial charge < -0.3 is 11.1 Å². The first kappa shape index (κ1) is 19.8. The Morgan fingerprint density at radius 3 is 2.52 bits per heavy atom. The highest BCUT2D eigenvalue weighted by molar-refractivity contribution is 5.92. The first-order chi connectivity index (χ1) is 15.0. The van der Waals surface area contributed by atoms with Crippen molar-refractivity contribution in [3.8, 4) is 0 Å². The van der Waals surface area contributed by atoms with Gasteiger partial charge in [-0.1, -0.05) is 6.92 Å². The van der Waals surface area contributed by atoms with Gasteiger partial charge in [-0.05, 0) is 79.2 Å². The van der Waals surface area contributed by atoms with E-state index in [2.05, 4.69) is 26.3 Å². The SMILES string of the molecule is CC(C(=O)Nc1cnc(N)nc1)[C@H]1C[C@H]2C[C@@H](c3ccnc4ccc(F)cc34)C[C@H]2C1. The molecule has 0 saturated heterocycles. The second-order valence-corrected chi connectivity index (χ2v) is 9.09. The van der Waals surface area contributed by atoms with Gasteiger partial charge >= 0.3 is 0 Å². The standard InChI is InChI=1S/C24H26FN5O/c1-13(23(31)30-19-11-28-24(26)29-12-19)14-6-15-8-17(9-16(15)7-14)20-4-5-27-22-3-2-18(25)10-21(20)22/h2-5,10-17H,6-9H2,1H3,(H,30,31)(H2,26,28,29)/t13?,14-,15-,16+,17+. The average Bonchev–Trinajstić information content (AvgIpc) is 3.33. The number of rotatable bonds is 4. The van der Waals surface area contributed by atoms with E-state index in [-0.39, 0.29) is 23.6 Å². The van der Waals surface area contributed by atoms with Crippen LogP contribution in [0.5, 0.6) is 0 Å². The predicted octanol–water partition coefficient (Wildman–Crippen LogP) is 4.54. The number of nitrogens with zero attached hydrogens (tertiary/aromatic N) is 3. The number of anilines is 2. The summed E-state index contributed by atoms with van der Waals surface area (Å²) in [6, 6.07) is 6.89. The van der Waals surface area contributed by atoms with Gasteiger partial charge in [-0.15, -0.1) is 0 Å². The number of benzene rings is 1. The normalized spacial score (nSPS) is 26.0. The second kappa shape index (κ2) is 7.87. The number of nitrogens with one attached hydrogen (secondary N) is 1. The fraction of sp³-hybridized carbons (Fsp3) is 0.417. The van der Waals surface area contributed by atoms with Crippen molar-refractivity contribution in [3.05, 3.63) is 54.2 Å². The number of pyridine rings is 1. The number of carbonyl (C=O) groups is 1. The Balaban J connectivity index is 1.24. The summed E-state index contributed by atoms with van der Waals surface area (Å²) in [6.07, 6.45) is 9.20. The average molecular weight is 420 g/mol. The van der Waals surface area contributed by atoms with Gasteiger partial charge in [0.1, 0.15) is 5.82 Å². The van der Waals surface area contributed by atoms with Gasteiger partial charge in [-0.25, -0.2) is 14.4 Å². The number of nitrogen functional groups attached to an aromatic ring is 1. The highest BCUT2D eigenvalue weighted by Crippen LogP contribution is 2.54. The van der Waals surface area contributed by atoms with Gasteiger partial charge in [0.25, 0.3) is 0 Å². The quantitative estimate of drug-likeness (QED) is 0.647. The fourth-order valence-corrected chi connectivity index (χ4v) is 5.69. The first-order valence-electron chi connectivity index (χ1n) is 10.9. The number of hydrogen-bond acceptors (Lipinski definition) is 5. The Bertz CT molecular complexity index is 1100. The monoisotopic (exact) mass is 419 g/mol. The predicted molar refractivity (Wildman–Crippen MR) is 118 cm³/mol. The third kappa shape index (κ3) is 3.84. The van der Waals surface area contributed by atoms with Gasteiger partial charge in [0.15, 0.2) is 0 Å². The van der Waals surface area contributed by atoms with Crippen LogP contribution < -0.4 is 11.1 Å². The third-order valence-corrected chi connectivity index (χ3v) is 7.29. The smallest absolute Gasteiger partial charge is 0.227 e. The first-order valence-corrected chi connectivity index (χ1v) is 10.9. The zero-order valence-electron chi connectivity index (χ0n) is 17.5. The van der Waals surface area contributed by atoms with E-state index in [0.29, 0.717) is 29.4 Å². The van der Waals surface area contributed by atoms with E-state index in [9.17, 15) is 9.18 Å². The topological polar surface area (TPSA) is 93.8 Å². The van der Waals surface area contributed by atoms with Crippen molar-refractivity contribution in [1.29, 1.82) is 0 Å². The number of halogens is 1. The van der Waals surface area contributed by atoms with E-state index in [1.54, 1.807) is 12.1 Å². The molecule has 2 aliphatic carbocycles. The number of aromatic nitrogens is 3. The lowest BCUT2D eigenvalue weighted by Gasteiger charge is -2.21. The van der Waals surface area contributed by atoms with Gasteiger partial charge in [-0.2, -0.15) is 0 Å². The Morgan fingerprint density at radius 2 is 1.81 bits per heavy atom. The lowest BCUT2D eigenvalue weighted by Crippen LogP contribution is -2.26. The van der Waals surface area contributed by atoms with Crippen LogP contribution in [-0.4, -0.2) is 20.9 Å². The molecule has 0 aliphatic heterocycles. The van der Waals surface area contributed by atoms with E-state index in [4.69, 9.17) is 5.73 Å². The molecule has 2 heterocycles. The Kier molecular flexibility index (Phi) is 5.04. The fourth-order valence-electron chi connectivity index (χ4n) is 5.69. The van der Waals surface area contributed by atoms with Crippen molar-refractivity contribution in [2.45, 2.75) is 38.5 Å². The molecule has 6 nitrogen and oxygen atoms in total. The lowest BCUT2D eigenvalue weighted by molar-refractivity contribution is -0.120. The second-order valence-electron chi connectivity index (χ2n) is 9.09. The summed E-state index contributed by atoms with van der Waals surface area (Å²) in [7, 11) is 0. The lowest BCUT2D eigenvalue weighted by atomic mass is 9.86. The van der Waals surface area contributed by atoms with Gasteiger partial charge in [0, 0.05) is 17.5 Å². The molecule has 7 heteroatoms. The van der Waals surface area contributed by atoms with Crippen LogP contribution in [0.4, 0.5) is 16.0 Å². The Hall–Kier alpha value is -3.09. The summed E-state index contributed by atoms with van der Waals surface area (Å²) in [5.41, 5.74) is 8.14. The van der Waals surface area contributed by atoms with Crippen LogP contribution >= 0.6 is 0 Å². The van der Waals surface area contributed by atoms with E-state index < -0.39 is 0 Å². The number of amides is 1. The molecule has 2 aliphatic rings. The minimum atomic E-state index is -0.216. The molecule has 0 bridgehead atoms. The molecule has 31 heavy (non-hydrogen) atoms. The van der Waals surface area contributed by atoms with Crippen molar-refractivity contribution in [2.75, 3.05) is 11.1 Å². The summed E-state index contributed by atoms with van der Waals surface area (Å²) in [5, 5.41) is 3.84. The molecule has 1 aromatic carbocycles. The number of carbonyl (C=O) groups excluding carboxylic acids is 1. The van der Waals surface area contributed by atoms with Crippen LogP contribution in [0, 0.1) is 29.5 Å². The summed E-state index contributed by atoms with van der Waals surface area (Å²) in [6.45, 7) is 2.01. The van der Waals surface area contributed by atoms with E-state index in [1.165, 1.54) is 24.0 Å². The summed E-state index contributed by atoms with van der Waals surface area (Å²) >= 11 is 0. The maximum atomic E-state index is 13.8. The van der Waals surface area contributed by atoms with Crippen LogP contribution in [-0.2, 0) is 4.79 Å². The highest BCUT2D eigenvalue weighted by atomic mass is 19.1. The molecular weight excluding hydrogens is 393 g/mol. The molecule has 5 atom stereocenters. The van der Waals surface area contributed by atoms with Crippen LogP contribution in [0.3, 0.4) is 0 Å². The largest absolute Gasteiger partial charge is 0.368 e. The summed E-state index contributed by atoms with van der Waals surface area (Å²) in [5.74, 6) is 1.93. The number of hydrogen-bond donors (Lipinski definition) is 2. The van der Waals surface area contributed by atoms with E-state index in [0.717, 1.165) is 36.6 Å². The molecule has 3 aromatic rings. The van der Waals surface area contributed by atoms with Crippen molar-refractivity contribution in [1.82, 2.24) is 15.0 Å². The van der Waals surface area contributed by atoms with Crippen molar-refractivity contribution in [2.24, 2.45) is 23.7 Å². The number of fused-ring (bicyclic) bond motifs is 2. The molecule has 160 valence electrons. The van der Waals surface area contributed by atoms with Crippen LogP contribution in [0.1, 0.15) is 44.1 Å². The van der Waals surface area contributed by atoms with Crippen LogP contribution in [0.25, 0.3) is 10.9 Å². The van der Waals surface area contributed by atoms with Crippen molar-refractivity contribution in [3.63, 3.8) is 0 Å². The van der Waals surface area contributed by atoms with E-state index in [1.807, 2.05) is 13.1 Å². The molecule has 2 fully saturated rings. The van der Waals surface area contributed by atoms with Gasteiger partial charge in [0.05, 0.1) is 23.6 Å².